The Morgan fingerprint density at radius 3 is 2.58 bits per heavy atom. The molecule has 1 aliphatic rings. The zero-order valence-electron chi connectivity index (χ0n) is 8.13. The van der Waals surface area contributed by atoms with Gasteiger partial charge in [0.1, 0.15) is 0 Å². The Morgan fingerprint density at radius 1 is 1.67 bits per heavy atom. The SMILES string of the molecule is CC1CC(O)(C(C)(C)CN)CO1. The molecule has 12 heavy (non-hydrogen) atoms. The van der Waals surface area contributed by atoms with E-state index in [4.69, 9.17) is 10.5 Å². The third kappa shape index (κ3) is 1.49. The molecule has 0 aliphatic carbocycles. The lowest BCUT2D eigenvalue weighted by Gasteiger charge is -2.37. The summed E-state index contributed by atoms with van der Waals surface area (Å²) in [5.41, 5.74) is 4.61. The fraction of sp³-hybridized carbons (Fsp3) is 1.00. The molecule has 2 unspecified atom stereocenters. The lowest BCUT2D eigenvalue weighted by atomic mass is 9.73. The van der Waals surface area contributed by atoms with E-state index < -0.39 is 5.60 Å². The van der Waals surface area contributed by atoms with Gasteiger partial charge < -0.3 is 15.6 Å². The highest BCUT2D eigenvalue weighted by Crippen LogP contribution is 2.38. The monoisotopic (exact) mass is 173 g/mol. The van der Waals surface area contributed by atoms with E-state index in [1.54, 1.807) is 0 Å². The third-order valence-corrected chi connectivity index (χ3v) is 3.00. The molecule has 3 nitrogen and oxygen atoms in total. The maximum atomic E-state index is 10.2. The van der Waals surface area contributed by atoms with E-state index >= 15 is 0 Å². The van der Waals surface area contributed by atoms with Gasteiger partial charge in [-0.15, -0.1) is 0 Å². The Morgan fingerprint density at radius 2 is 2.25 bits per heavy atom. The molecule has 1 aliphatic heterocycles. The van der Waals surface area contributed by atoms with Crippen molar-refractivity contribution in [2.24, 2.45) is 11.1 Å². The lowest BCUT2D eigenvalue weighted by Crippen LogP contribution is -2.49. The van der Waals surface area contributed by atoms with Gasteiger partial charge in [0.05, 0.1) is 18.3 Å². The number of nitrogens with two attached hydrogens (primary N) is 1. The van der Waals surface area contributed by atoms with Crippen molar-refractivity contribution in [3.8, 4) is 0 Å². The van der Waals surface area contributed by atoms with Crippen molar-refractivity contribution in [1.82, 2.24) is 0 Å². The zero-order chi connectivity index (χ0) is 9.41. The second kappa shape index (κ2) is 2.98. The Hall–Kier alpha value is -0.120. The van der Waals surface area contributed by atoms with Crippen LogP contribution in [-0.2, 0) is 4.74 Å². The third-order valence-electron chi connectivity index (χ3n) is 3.00. The van der Waals surface area contributed by atoms with Gasteiger partial charge in [0.15, 0.2) is 0 Å². The van der Waals surface area contributed by atoms with Crippen molar-refractivity contribution in [2.75, 3.05) is 13.2 Å². The van der Waals surface area contributed by atoms with Crippen LogP contribution in [-0.4, -0.2) is 30.0 Å². The van der Waals surface area contributed by atoms with E-state index in [0.717, 1.165) is 0 Å². The van der Waals surface area contributed by atoms with Crippen LogP contribution in [0.15, 0.2) is 0 Å². The van der Waals surface area contributed by atoms with Crippen molar-refractivity contribution < 1.29 is 9.84 Å². The maximum Gasteiger partial charge on any atom is 0.0967 e. The molecule has 3 heteroatoms. The van der Waals surface area contributed by atoms with E-state index in [2.05, 4.69) is 0 Å². The van der Waals surface area contributed by atoms with Crippen LogP contribution in [0.25, 0.3) is 0 Å². The summed E-state index contributed by atoms with van der Waals surface area (Å²) in [5.74, 6) is 0. The first-order chi connectivity index (χ1) is 5.41. The average Bonchev–Trinajstić information content (AvgIpc) is 2.33. The summed E-state index contributed by atoms with van der Waals surface area (Å²) >= 11 is 0. The van der Waals surface area contributed by atoms with Crippen LogP contribution in [0.2, 0.25) is 0 Å². The summed E-state index contributed by atoms with van der Waals surface area (Å²) in [5, 5.41) is 10.2. The Balaban J connectivity index is 2.72. The molecule has 0 aromatic heterocycles. The molecule has 1 fully saturated rings. The standard InChI is InChI=1S/C9H19NO2/c1-7-4-9(11,6-12-7)8(2,3)5-10/h7,11H,4-6,10H2,1-3H3. The van der Waals surface area contributed by atoms with Gasteiger partial charge in [0, 0.05) is 18.4 Å². The average molecular weight is 173 g/mol. The van der Waals surface area contributed by atoms with E-state index in [-0.39, 0.29) is 11.5 Å². The molecule has 3 N–H and O–H groups in total. The molecule has 0 spiro atoms. The van der Waals surface area contributed by atoms with Gasteiger partial charge in [0.2, 0.25) is 0 Å². The van der Waals surface area contributed by atoms with Crippen LogP contribution in [0.3, 0.4) is 0 Å². The second-order valence-corrected chi connectivity index (χ2v) is 4.45. The van der Waals surface area contributed by atoms with Gasteiger partial charge in [0.25, 0.3) is 0 Å². The van der Waals surface area contributed by atoms with Crippen molar-refractivity contribution in [1.29, 1.82) is 0 Å². The molecule has 72 valence electrons. The topological polar surface area (TPSA) is 55.5 Å². The fourth-order valence-corrected chi connectivity index (χ4v) is 1.54. The normalized spacial score (nSPS) is 37.2. The zero-order valence-corrected chi connectivity index (χ0v) is 8.13. The molecule has 0 aromatic rings. The number of ether oxygens (including phenoxy) is 1. The van der Waals surface area contributed by atoms with Crippen molar-refractivity contribution in [2.45, 2.75) is 38.9 Å². The first-order valence-electron chi connectivity index (χ1n) is 4.45. The van der Waals surface area contributed by atoms with Gasteiger partial charge in [-0.3, -0.25) is 0 Å². The van der Waals surface area contributed by atoms with Crippen LogP contribution >= 0.6 is 0 Å². The molecule has 2 atom stereocenters. The number of hydrogen-bond acceptors (Lipinski definition) is 3. The summed E-state index contributed by atoms with van der Waals surface area (Å²) in [6, 6.07) is 0. The van der Waals surface area contributed by atoms with Crippen LogP contribution < -0.4 is 5.73 Å². The minimum absolute atomic E-state index is 0.154. The summed E-state index contributed by atoms with van der Waals surface area (Å²) in [6.45, 7) is 6.84. The number of aliphatic hydroxyl groups is 1. The predicted molar refractivity (Wildman–Crippen MR) is 47.8 cm³/mol. The molecular formula is C9H19NO2. The molecule has 0 radical (unpaired) electrons. The van der Waals surface area contributed by atoms with Crippen molar-refractivity contribution >= 4 is 0 Å². The first kappa shape index (κ1) is 9.96. The van der Waals surface area contributed by atoms with E-state index in [1.807, 2.05) is 20.8 Å². The quantitative estimate of drug-likeness (QED) is 0.639. The van der Waals surface area contributed by atoms with Crippen LogP contribution in [0.1, 0.15) is 27.2 Å². The highest BCUT2D eigenvalue weighted by molar-refractivity contribution is 4.98. The van der Waals surface area contributed by atoms with Crippen LogP contribution in [0.5, 0.6) is 0 Å². The van der Waals surface area contributed by atoms with Gasteiger partial charge in [-0.25, -0.2) is 0 Å². The summed E-state index contributed by atoms with van der Waals surface area (Å²) in [4.78, 5) is 0. The van der Waals surface area contributed by atoms with Crippen molar-refractivity contribution in [3.63, 3.8) is 0 Å². The molecule has 1 rings (SSSR count). The largest absolute Gasteiger partial charge is 0.387 e. The van der Waals surface area contributed by atoms with Gasteiger partial charge in [-0.2, -0.15) is 0 Å². The van der Waals surface area contributed by atoms with E-state index in [9.17, 15) is 5.11 Å². The second-order valence-electron chi connectivity index (χ2n) is 4.45. The molecule has 1 heterocycles. The molecule has 0 aromatic carbocycles. The van der Waals surface area contributed by atoms with Crippen LogP contribution in [0, 0.1) is 5.41 Å². The summed E-state index contributed by atoms with van der Waals surface area (Å²) < 4.78 is 5.35. The summed E-state index contributed by atoms with van der Waals surface area (Å²) in [6.07, 6.45) is 0.845. The molecular weight excluding hydrogens is 154 g/mol. The van der Waals surface area contributed by atoms with E-state index in [0.29, 0.717) is 19.6 Å². The fourth-order valence-electron chi connectivity index (χ4n) is 1.54. The molecule has 0 bridgehead atoms. The lowest BCUT2D eigenvalue weighted by molar-refractivity contribution is -0.0652. The number of hydrogen-bond donors (Lipinski definition) is 2. The predicted octanol–water partition coefficient (Wildman–Crippen LogP) is 0.511. The minimum Gasteiger partial charge on any atom is -0.387 e. The highest BCUT2D eigenvalue weighted by atomic mass is 16.5. The van der Waals surface area contributed by atoms with E-state index in [1.165, 1.54) is 0 Å². The molecule has 1 saturated heterocycles. The molecule has 0 saturated carbocycles. The van der Waals surface area contributed by atoms with Crippen molar-refractivity contribution in [3.05, 3.63) is 0 Å². The minimum atomic E-state index is -0.735. The highest BCUT2D eigenvalue weighted by Gasteiger charge is 2.47. The smallest absolute Gasteiger partial charge is 0.0967 e. The number of rotatable bonds is 2. The van der Waals surface area contributed by atoms with Gasteiger partial charge in [-0.05, 0) is 6.92 Å². The van der Waals surface area contributed by atoms with Gasteiger partial charge >= 0.3 is 0 Å². The Bertz CT molecular complexity index is 170. The van der Waals surface area contributed by atoms with Crippen LogP contribution in [0.4, 0.5) is 0 Å². The first-order valence-corrected chi connectivity index (χ1v) is 4.45. The Kier molecular flexibility index (Phi) is 2.47. The van der Waals surface area contributed by atoms with Gasteiger partial charge in [-0.1, -0.05) is 13.8 Å². The Labute approximate surface area is 73.9 Å². The summed E-state index contributed by atoms with van der Waals surface area (Å²) in [7, 11) is 0. The molecule has 0 amide bonds. The maximum absolute atomic E-state index is 10.2.